The Balaban J connectivity index is 2.00. The predicted molar refractivity (Wildman–Crippen MR) is 108 cm³/mol. The Labute approximate surface area is 172 Å². The summed E-state index contributed by atoms with van der Waals surface area (Å²) in [5.74, 6) is -0.326. The zero-order valence-electron chi connectivity index (χ0n) is 14.9. The molecule has 1 heterocycles. The minimum absolute atomic E-state index is 0.225. The molecule has 6 nitrogen and oxygen atoms in total. The Morgan fingerprint density at radius 2 is 1.75 bits per heavy atom. The molecule has 9 heteroatoms. The largest absolute Gasteiger partial charge is 0.289 e. The molecule has 2 aromatic carbocycles. The number of benzene rings is 2. The molecule has 0 aliphatic carbocycles. The molecule has 1 aromatic heterocycles. The molecule has 3 rings (SSSR count). The Kier molecular flexibility index (Phi) is 5.63. The molecule has 0 radical (unpaired) electrons. The number of aromatic nitrogens is 2. The van der Waals surface area contributed by atoms with E-state index >= 15 is 0 Å². The average molecular weight is 439 g/mol. The maximum atomic E-state index is 12.7. The fourth-order valence-electron chi connectivity index (χ4n) is 3.01. The number of carbonyl (C=O) groups excluding carboxylic acids is 1. The van der Waals surface area contributed by atoms with Crippen molar-refractivity contribution in [3.63, 3.8) is 0 Å². The van der Waals surface area contributed by atoms with Crippen molar-refractivity contribution in [2.45, 2.75) is 12.2 Å². The van der Waals surface area contributed by atoms with Crippen LogP contribution >= 0.6 is 23.2 Å². The van der Waals surface area contributed by atoms with E-state index in [2.05, 4.69) is 5.10 Å². The lowest BCUT2D eigenvalue weighted by Gasteiger charge is -2.15. The molecule has 1 unspecified atom stereocenters. The van der Waals surface area contributed by atoms with Crippen LogP contribution in [0.25, 0.3) is 0 Å². The van der Waals surface area contributed by atoms with E-state index in [1.807, 2.05) is 0 Å². The summed E-state index contributed by atoms with van der Waals surface area (Å²) in [6.45, 7) is 1.72. The topological polar surface area (TPSA) is 89.3 Å². The molecular weight excluding hydrogens is 423 g/mol. The van der Waals surface area contributed by atoms with Crippen LogP contribution in [0.5, 0.6) is 0 Å². The lowest BCUT2D eigenvalue weighted by molar-refractivity contribution is 0.103. The SMILES string of the molecule is Cc1cc(C(c2ccc(C(=O)c3ccc(Cl)cc3Cl)cc2)S(=O)(=O)O)n(C)n1. The highest BCUT2D eigenvalue weighted by Crippen LogP contribution is 2.31. The number of carbonyl (C=O) groups is 1. The lowest BCUT2D eigenvalue weighted by atomic mass is 10.0. The highest BCUT2D eigenvalue weighted by atomic mass is 35.5. The summed E-state index contributed by atoms with van der Waals surface area (Å²) in [5, 5.41) is 3.46. The van der Waals surface area contributed by atoms with Crippen molar-refractivity contribution in [3.8, 4) is 0 Å². The summed E-state index contributed by atoms with van der Waals surface area (Å²) < 4.78 is 35.2. The summed E-state index contributed by atoms with van der Waals surface area (Å²) >= 11 is 11.9. The Hall–Kier alpha value is -2.19. The molecule has 0 saturated heterocycles. The Bertz CT molecular complexity index is 1160. The second-order valence-corrected chi connectivity index (χ2v) is 8.65. The Morgan fingerprint density at radius 1 is 1.11 bits per heavy atom. The van der Waals surface area contributed by atoms with Crippen LogP contribution in [0, 0.1) is 6.92 Å². The fraction of sp³-hybridized carbons (Fsp3) is 0.158. The van der Waals surface area contributed by atoms with Gasteiger partial charge in [0.05, 0.1) is 16.4 Å². The zero-order valence-corrected chi connectivity index (χ0v) is 17.3. The van der Waals surface area contributed by atoms with Crippen molar-refractivity contribution in [1.82, 2.24) is 9.78 Å². The minimum atomic E-state index is -4.46. The second kappa shape index (κ2) is 7.67. The first-order valence-corrected chi connectivity index (χ1v) is 10.4. The summed E-state index contributed by atoms with van der Waals surface area (Å²) in [7, 11) is -2.86. The normalized spacial score (nSPS) is 12.8. The van der Waals surface area contributed by atoms with E-state index in [0.29, 0.717) is 27.5 Å². The lowest BCUT2D eigenvalue weighted by Crippen LogP contribution is -2.17. The van der Waals surface area contributed by atoms with Gasteiger partial charge in [0.15, 0.2) is 11.0 Å². The molecule has 28 heavy (non-hydrogen) atoms. The molecule has 0 fully saturated rings. The van der Waals surface area contributed by atoms with E-state index < -0.39 is 15.4 Å². The van der Waals surface area contributed by atoms with Gasteiger partial charge < -0.3 is 0 Å². The van der Waals surface area contributed by atoms with Gasteiger partial charge in [-0.2, -0.15) is 13.5 Å². The highest BCUT2D eigenvalue weighted by Gasteiger charge is 2.30. The third-order valence-corrected chi connectivity index (χ3v) is 5.91. The fourth-order valence-corrected chi connectivity index (χ4v) is 4.53. The monoisotopic (exact) mass is 438 g/mol. The van der Waals surface area contributed by atoms with Crippen LogP contribution in [0.1, 0.15) is 38.1 Å². The minimum Gasteiger partial charge on any atom is -0.289 e. The Morgan fingerprint density at radius 3 is 2.25 bits per heavy atom. The summed E-state index contributed by atoms with van der Waals surface area (Å²) in [5.41, 5.74) is 1.86. The molecule has 1 atom stereocenters. The van der Waals surface area contributed by atoms with Gasteiger partial charge in [-0.3, -0.25) is 14.0 Å². The number of nitrogens with zero attached hydrogens (tertiary/aromatic N) is 2. The average Bonchev–Trinajstić information content (AvgIpc) is 2.92. The highest BCUT2D eigenvalue weighted by molar-refractivity contribution is 7.86. The predicted octanol–water partition coefficient (Wildman–Crippen LogP) is 4.24. The quantitative estimate of drug-likeness (QED) is 0.475. The van der Waals surface area contributed by atoms with Crippen molar-refractivity contribution >= 4 is 39.1 Å². The third kappa shape index (κ3) is 4.12. The van der Waals surface area contributed by atoms with Crippen molar-refractivity contribution in [1.29, 1.82) is 0 Å². The maximum Gasteiger partial charge on any atom is 0.277 e. The summed E-state index contributed by atoms with van der Waals surface area (Å²) in [4.78, 5) is 12.7. The van der Waals surface area contributed by atoms with Crippen molar-refractivity contribution < 1.29 is 17.8 Å². The molecule has 146 valence electrons. The first-order chi connectivity index (χ1) is 13.1. The molecule has 0 aliphatic rings. The van der Waals surface area contributed by atoms with Gasteiger partial charge >= 0.3 is 0 Å². The third-order valence-electron chi connectivity index (χ3n) is 4.26. The second-order valence-electron chi connectivity index (χ2n) is 6.30. The first-order valence-electron chi connectivity index (χ1n) is 8.14. The first kappa shape index (κ1) is 20.5. The van der Waals surface area contributed by atoms with Crippen LogP contribution in [0.4, 0.5) is 0 Å². The van der Waals surface area contributed by atoms with Gasteiger partial charge in [-0.05, 0) is 36.8 Å². The van der Waals surface area contributed by atoms with E-state index in [9.17, 15) is 17.8 Å². The molecule has 0 spiro atoms. The van der Waals surface area contributed by atoms with Crippen molar-refractivity contribution in [3.05, 3.63) is 86.7 Å². The number of hydrogen-bond acceptors (Lipinski definition) is 4. The number of rotatable bonds is 5. The van der Waals surface area contributed by atoms with E-state index in [1.165, 1.54) is 41.1 Å². The van der Waals surface area contributed by atoms with Crippen LogP contribution in [-0.4, -0.2) is 28.5 Å². The van der Waals surface area contributed by atoms with Gasteiger partial charge in [-0.15, -0.1) is 0 Å². The van der Waals surface area contributed by atoms with Gasteiger partial charge in [-0.25, -0.2) is 0 Å². The molecular formula is C19H16Cl2N2O4S. The summed E-state index contributed by atoms with van der Waals surface area (Å²) in [6.07, 6.45) is 0. The number of aryl methyl sites for hydroxylation is 2. The standard InChI is InChI=1S/C19H16Cl2N2O4S/c1-11-9-17(23(2)22-11)19(28(25,26)27)13-5-3-12(4-6-13)18(24)15-8-7-14(20)10-16(15)21/h3-10,19H,1-2H3,(H,25,26,27). The van der Waals surface area contributed by atoms with Crippen LogP contribution in [0.15, 0.2) is 48.5 Å². The molecule has 0 bridgehead atoms. The van der Waals surface area contributed by atoms with Gasteiger partial charge in [0, 0.05) is 23.2 Å². The smallest absolute Gasteiger partial charge is 0.277 e. The van der Waals surface area contributed by atoms with E-state index in [-0.39, 0.29) is 16.4 Å². The molecule has 0 amide bonds. The molecule has 1 N–H and O–H groups in total. The van der Waals surface area contributed by atoms with Crippen LogP contribution in [0.3, 0.4) is 0 Å². The van der Waals surface area contributed by atoms with Gasteiger partial charge in [0.1, 0.15) is 0 Å². The number of ketones is 1. The van der Waals surface area contributed by atoms with Crippen LogP contribution < -0.4 is 0 Å². The molecule has 3 aromatic rings. The van der Waals surface area contributed by atoms with Crippen LogP contribution in [-0.2, 0) is 17.2 Å². The van der Waals surface area contributed by atoms with Gasteiger partial charge in [0.25, 0.3) is 10.1 Å². The van der Waals surface area contributed by atoms with Crippen LogP contribution in [0.2, 0.25) is 10.0 Å². The van der Waals surface area contributed by atoms with Gasteiger partial charge in [-0.1, -0.05) is 47.5 Å². The number of hydrogen-bond donors (Lipinski definition) is 1. The van der Waals surface area contributed by atoms with E-state index in [0.717, 1.165) is 0 Å². The van der Waals surface area contributed by atoms with Crippen molar-refractivity contribution in [2.75, 3.05) is 0 Å². The molecule has 0 saturated carbocycles. The number of halogens is 2. The summed E-state index contributed by atoms with van der Waals surface area (Å²) in [6, 6.07) is 12.1. The van der Waals surface area contributed by atoms with E-state index in [4.69, 9.17) is 23.2 Å². The van der Waals surface area contributed by atoms with E-state index in [1.54, 1.807) is 26.1 Å². The van der Waals surface area contributed by atoms with Gasteiger partial charge in [0.2, 0.25) is 0 Å². The maximum absolute atomic E-state index is 12.7. The zero-order chi connectivity index (χ0) is 20.6. The molecule has 0 aliphatic heterocycles. The van der Waals surface area contributed by atoms with Crippen molar-refractivity contribution in [2.24, 2.45) is 7.05 Å².